The maximum Gasteiger partial charge on any atom is 0.241 e. The van der Waals surface area contributed by atoms with E-state index in [1.807, 2.05) is 24.3 Å². The molecule has 18 heavy (non-hydrogen) atoms. The normalized spacial score (nSPS) is 10.4. The molecule has 0 bridgehead atoms. The molecule has 94 valence electrons. The number of halogens is 1. The van der Waals surface area contributed by atoms with E-state index in [0.29, 0.717) is 11.0 Å². The fourth-order valence-corrected chi connectivity index (χ4v) is 1.72. The van der Waals surface area contributed by atoms with Crippen molar-refractivity contribution in [2.75, 3.05) is 26.0 Å². The van der Waals surface area contributed by atoms with Crippen molar-refractivity contribution >= 4 is 34.1 Å². The van der Waals surface area contributed by atoms with Gasteiger partial charge < -0.3 is 10.2 Å². The highest BCUT2D eigenvalue weighted by molar-refractivity contribution is 6.34. The Hall–Kier alpha value is -1.88. The van der Waals surface area contributed by atoms with Gasteiger partial charge >= 0.3 is 0 Å². The van der Waals surface area contributed by atoms with E-state index in [-0.39, 0.29) is 12.5 Å². The van der Waals surface area contributed by atoms with Crippen molar-refractivity contribution < 1.29 is 4.79 Å². The number of anilines is 1. The van der Waals surface area contributed by atoms with Gasteiger partial charge in [-0.2, -0.15) is 0 Å². The van der Waals surface area contributed by atoms with Crippen LogP contribution >= 0.6 is 11.6 Å². The molecule has 0 aliphatic heterocycles. The van der Waals surface area contributed by atoms with Gasteiger partial charge in [-0.05, 0) is 0 Å². The second-order valence-corrected chi connectivity index (χ2v) is 4.38. The van der Waals surface area contributed by atoms with E-state index in [1.165, 1.54) is 4.90 Å². The van der Waals surface area contributed by atoms with Crippen LogP contribution in [0.4, 0.5) is 5.82 Å². The first kappa shape index (κ1) is 12.6. The predicted molar refractivity (Wildman–Crippen MR) is 71.7 cm³/mol. The van der Waals surface area contributed by atoms with Crippen LogP contribution in [0, 0.1) is 0 Å². The topological polar surface area (TPSA) is 58.1 Å². The Kier molecular flexibility index (Phi) is 3.62. The van der Waals surface area contributed by atoms with Crippen molar-refractivity contribution in [1.82, 2.24) is 15.1 Å². The van der Waals surface area contributed by atoms with Crippen LogP contribution < -0.4 is 5.32 Å². The van der Waals surface area contributed by atoms with Gasteiger partial charge in [-0.1, -0.05) is 35.9 Å². The fourth-order valence-electron chi connectivity index (χ4n) is 1.52. The summed E-state index contributed by atoms with van der Waals surface area (Å²) in [6, 6.07) is 7.52. The molecule has 2 aromatic rings. The van der Waals surface area contributed by atoms with Crippen LogP contribution in [0.15, 0.2) is 24.3 Å². The summed E-state index contributed by atoms with van der Waals surface area (Å²) >= 11 is 5.97. The van der Waals surface area contributed by atoms with Gasteiger partial charge in [0.15, 0.2) is 11.0 Å². The number of rotatable bonds is 3. The third-order valence-electron chi connectivity index (χ3n) is 2.55. The molecule has 1 N–H and O–H groups in total. The molecule has 0 radical (unpaired) electrons. The third-order valence-corrected chi connectivity index (χ3v) is 2.83. The molecule has 0 fully saturated rings. The molecular weight excluding hydrogens is 252 g/mol. The lowest BCUT2D eigenvalue weighted by Crippen LogP contribution is -2.28. The van der Waals surface area contributed by atoms with Gasteiger partial charge in [0.1, 0.15) is 0 Å². The van der Waals surface area contributed by atoms with E-state index < -0.39 is 0 Å². The van der Waals surface area contributed by atoms with Gasteiger partial charge in [-0.25, -0.2) is 0 Å². The molecule has 1 heterocycles. The standard InChI is InChI=1S/C12H13ClN4O/c1-17(2)10(18)7-14-12-9-6-4-3-5-8(9)11(13)15-16-12/h3-6H,7H2,1-2H3,(H,14,16). The molecule has 0 aliphatic carbocycles. The number of nitrogens with one attached hydrogen (secondary N) is 1. The summed E-state index contributed by atoms with van der Waals surface area (Å²) in [5, 5.41) is 12.8. The largest absolute Gasteiger partial charge is 0.359 e. The summed E-state index contributed by atoms with van der Waals surface area (Å²) < 4.78 is 0. The molecule has 0 atom stereocenters. The van der Waals surface area contributed by atoms with Gasteiger partial charge in [0, 0.05) is 24.9 Å². The van der Waals surface area contributed by atoms with E-state index in [4.69, 9.17) is 11.6 Å². The van der Waals surface area contributed by atoms with E-state index in [2.05, 4.69) is 15.5 Å². The maximum absolute atomic E-state index is 11.5. The fraction of sp³-hybridized carbons (Fsp3) is 0.250. The molecule has 1 amide bonds. The molecule has 1 aromatic heterocycles. The van der Waals surface area contributed by atoms with E-state index in [0.717, 1.165) is 10.8 Å². The van der Waals surface area contributed by atoms with Crippen LogP contribution in [0.1, 0.15) is 0 Å². The second-order valence-electron chi connectivity index (χ2n) is 4.03. The van der Waals surface area contributed by atoms with Crippen LogP contribution in [-0.4, -0.2) is 41.6 Å². The molecule has 0 spiro atoms. The first-order chi connectivity index (χ1) is 8.59. The Labute approximate surface area is 110 Å². The molecule has 1 aromatic carbocycles. The Balaban J connectivity index is 2.29. The van der Waals surface area contributed by atoms with Crippen LogP contribution in [0.2, 0.25) is 5.15 Å². The molecule has 0 saturated carbocycles. The maximum atomic E-state index is 11.5. The number of carbonyl (C=O) groups is 1. The molecular formula is C12H13ClN4O. The number of benzene rings is 1. The highest BCUT2D eigenvalue weighted by Crippen LogP contribution is 2.25. The van der Waals surface area contributed by atoms with E-state index >= 15 is 0 Å². The summed E-state index contributed by atoms with van der Waals surface area (Å²) in [4.78, 5) is 13.0. The summed E-state index contributed by atoms with van der Waals surface area (Å²) in [5.74, 6) is 0.529. The highest BCUT2D eigenvalue weighted by atomic mass is 35.5. The minimum absolute atomic E-state index is 0.0316. The number of hydrogen-bond donors (Lipinski definition) is 1. The zero-order chi connectivity index (χ0) is 13.1. The van der Waals surface area contributed by atoms with Crippen molar-refractivity contribution in [3.63, 3.8) is 0 Å². The van der Waals surface area contributed by atoms with Crippen molar-refractivity contribution in [2.45, 2.75) is 0 Å². The van der Waals surface area contributed by atoms with Crippen molar-refractivity contribution in [2.24, 2.45) is 0 Å². The molecule has 0 saturated heterocycles. The first-order valence-corrected chi connectivity index (χ1v) is 5.82. The second kappa shape index (κ2) is 5.18. The van der Waals surface area contributed by atoms with Gasteiger partial charge in [-0.15, -0.1) is 10.2 Å². The number of hydrogen-bond acceptors (Lipinski definition) is 4. The molecule has 5 nitrogen and oxygen atoms in total. The molecule has 0 unspecified atom stereocenters. The predicted octanol–water partition coefficient (Wildman–Crippen LogP) is 1.78. The quantitative estimate of drug-likeness (QED) is 0.918. The number of likely N-dealkylation sites (N-methyl/N-ethyl adjacent to an activating group) is 1. The SMILES string of the molecule is CN(C)C(=O)CNc1nnc(Cl)c2ccccc12. The minimum Gasteiger partial charge on any atom is -0.359 e. The Morgan fingerprint density at radius 2 is 1.94 bits per heavy atom. The van der Waals surface area contributed by atoms with Crippen LogP contribution in [0.5, 0.6) is 0 Å². The highest BCUT2D eigenvalue weighted by Gasteiger charge is 2.09. The van der Waals surface area contributed by atoms with Crippen LogP contribution in [0.3, 0.4) is 0 Å². The molecule has 2 rings (SSSR count). The van der Waals surface area contributed by atoms with Crippen molar-refractivity contribution in [1.29, 1.82) is 0 Å². The average Bonchev–Trinajstić information content (AvgIpc) is 2.38. The van der Waals surface area contributed by atoms with Crippen LogP contribution in [0.25, 0.3) is 10.8 Å². The summed E-state index contributed by atoms with van der Waals surface area (Å²) in [6.07, 6.45) is 0. The summed E-state index contributed by atoms with van der Waals surface area (Å²) in [6.45, 7) is 0.174. The van der Waals surface area contributed by atoms with Gasteiger partial charge in [0.25, 0.3) is 0 Å². The van der Waals surface area contributed by atoms with E-state index in [1.54, 1.807) is 14.1 Å². The van der Waals surface area contributed by atoms with Gasteiger partial charge in [0.05, 0.1) is 6.54 Å². The lowest BCUT2D eigenvalue weighted by Gasteiger charge is -2.12. The lowest BCUT2D eigenvalue weighted by atomic mass is 10.2. The Morgan fingerprint density at radius 1 is 1.28 bits per heavy atom. The zero-order valence-corrected chi connectivity index (χ0v) is 10.9. The summed E-state index contributed by atoms with van der Waals surface area (Å²) in [7, 11) is 3.41. The summed E-state index contributed by atoms with van der Waals surface area (Å²) in [5.41, 5.74) is 0. The third kappa shape index (κ3) is 2.51. The lowest BCUT2D eigenvalue weighted by molar-refractivity contribution is -0.126. The number of carbonyl (C=O) groups excluding carboxylic acids is 1. The smallest absolute Gasteiger partial charge is 0.241 e. The number of nitrogens with zero attached hydrogens (tertiary/aromatic N) is 3. The monoisotopic (exact) mass is 264 g/mol. The van der Waals surface area contributed by atoms with Crippen molar-refractivity contribution in [3.05, 3.63) is 29.4 Å². The number of aromatic nitrogens is 2. The van der Waals surface area contributed by atoms with Gasteiger partial charge in [-0.3, -0.25) is 4.79 Å². The van der Waals surface area contributed by atoms with Crippen LogP contribution in [-0.2, 0) is 4.79 Å². The molecule has 6 heteroatoms. The average molecular weight is 265 g/mol. The number of amides is 1. The zero-order valence-electron chi connectivity index (χ0n) is 10.1. The molecule has 0 aliphatic rings. The van der Waals surface area contributed by atoms with E-state index in [9.17, 15) is 4.79 Å². The van der Waals surface area contributed by atoms with Crippen molar-refractivity contribution in [3.8, 4) is 0 Å². The Bertz CT molecular complexity index is 585. The first-order valence-electron chi connectivity index (χ1n) is 5.44. The minimum atomic E-state index is -0.0316. The Morgan fingerprint density at radius 3 is 2.61 bits per heavy atom. The van der Waals surface area contributed by atoms with Gasteiger partial charge in [0.2, 0.25) is 5.91 Å². The number of fused-ring (bicyclic) bond motifs is 1.